The Hall–Kier alpha value is -0.460. The number of hydrogen-bond donors (Lipinski definition) is 1. The van der Waals surface area contributed by atoms with E-state index < -0.39 is 0 Å². The Bertz CT molecular complexity index is 438. The molecule has 0 aliphatic rings. The van der Waals surface area contributed by atoms with Gasteiger partial charge in [-0.15, -0.1) is 21.5 Å². The normalized spacial score (nSPS) is 10.5. The number of nitrogens with one attached hydrogen (secondary N) is 1. The van der Waals surface area contributed by atoms with Crippen molar-refractivity contribution < 1.29 is 0 Å². The summed E-state index contributed by atoms with van der Waals surface area (Å²) in [6.45, 7) is 3.01. The van der Waals surface area contributed by atoms with E-state index in [1.54, 1.807) is 11.3 Å². The first kappa shape index (κ1) is 11.0. The van der Waals surface area contributed by atoms with Crippen molar-refractivity contribution in [2.24, 2.45) is 0 Å². The Morgan fingerprint density at radius 2 is 2.33 bits per heavy atom. The molecule has 0 bridgehead atoms. The molecule has 0 atom stereocenters. The number of hydrogen-bond acceptors (Lipinski definition) is 5. The van der Waals surface area contributed by atoms with Crippen molar-refractivity contribution in [3.05, 3.63) is 25.8 Å². The van der Waals surface area contributed by atoms with E-state index in [1.165, 1.54) is 21.8 Å². The highest BCUT2D eigenvalue weighted by Crippen LogP contribution is 2.23. The van der Waals surface area contributed by atoms with E-state index in [-0.39, 0.29) is 0 Å². The molecule has 0 saturated carbocycles. The molecule has 0 saturated heterocycles. The van der Waals surface area contributed by atoms with Crippen LogP contribution in [-0.4, -0.2) is 10.2 Å². The van der Waals surface area contributed by atoms with E-state index in [0.717, 1.165) is 22.0 Å². The van der Waals surface area contributed by atoms with Gasteiger partial charge >= 0.3 is 0 Å². The summed E-state index contributed by atoms with van der Waals surface area (Å²) in [7, 11) is 0. The fourth-order valence-corrected chi connectivity index (χ4v) is 3.19. The molecule has 2 aromatic heterocycles. The fraction of sp³-hybridized carbons (Fsp3) is 0.333. The lowest BCUT2D eigenvalue weighted by molar-refractivity contribution is 1.03. The van der Waals surface area contributed by atoms with Crippen LogP contribution in [0.2, 0.25) is 0 Å². The zero-order chi connectivity index (χ0) is 10.7. The highest BCUT2D eigenvalue weighted by molar-refractivity contribution is 9.11. The van der Waals surface area contributed by atoms with Crippen LogP contribution in [0.5, 0.6) is 0 Å². The summed E-state index contributed by atoms with van der Waals surface area (Å²) in [4.78, 5) is 1.38. The SMILES string of the molecule is CCc1ccsc1CNc1nnc(Br)s1. The highest BCUT2D eigenvalue weighted by Gasteiger charge is 2.04. The number of nitrogens with zero attached hydrogens (tertiary/aromatic N) is 2. The summed E-state index contributed by atoms with van der Waals surface area (Å²) in [6.07, 6.45) is 1.08. The molecule has 0 unspecified atom stereocenters. The molecule has 3 nitrogen and oxygen atoms in total. The van der Waals surface area contributed by atoms with Gasteiger partial charge in [-0.3, -0.25) is 0 Å². The number of aromatic nitrogens is 2. The Labute approximate surface area is 105 Å². The average Bonchev–Trinajstić information content (AvgIpc) is 2.83. The van der Waals surface area contributed by atoms with Gasteiger partial charge in [0.25, 0.3) is 0 Å². The van der Waals surface area contributed by atoms with Crippen molar-refractivity contribution in [2.75, 3.05) is 5.32 Å². The van der Waals surface area contributed by atoms with E-state index in [1.807, 2.05) is 0 Å². The maximum Gasteiger partial charge on any atom is 0.206 e. The van der Waals surface area contributed by atoms with Crippen LogP contribution >= 0.6 is 38.6 Å². The zero-order valence-corrected chi connectivity index (χ0v) is 11.4. The number of aryl methyl sites for hydroxylation is 1. The number of halogens is 1. The molecule has 6 heteroatoms. The summed E-state index contributed by atoms with van der Waals surface area (Å²) in [5, 5.41) is 14.1. The Balaban J connectivity index is 1.98. The molecule has 0 radical (unpaired) electrons. The summed E-state index contributed by atoms with van der Waals surface area (Å²) in [6, 6.07) is 2.18. The molecular weight excluding hydrogens is 294 g/mol. The predicted octanol–water partition coefficient (Wildman–Crippen LogP) is 3.54. The largest absolute Gasteiger partial charge is 0.355 e. The lowest BCUT2D eigenvalue weighted by Crippen LogP contribution is -1.99. The van der Waals surface area contributed by atoms with Crippen molar-refractivity contribution in [1.29, 1.82) is 0 Å². The van der Waals surface area contributed by atoms with E-state index in [0.29, 0.717) is 0 Å². The minimum Gasteiger partial charge on any atom is -0.355 e. The molecule has 2 heterocycles. The molecular formula is C9H10BrN3S2. The standard InChI is InChI=1S/C9H10BrN3S2/c1-2-6-3-4-14-7(6)5-11-9-13-12-8(10)15-9/h3-4H,2,5H2,1H3,(H,11,13). The lowest BCUT2D eigenvalue weighted by atomic mass is 10.2. The second kappa shape index (κ2) is 5.05. The molecule has 80 valence electrons. The van der Waals surface area contributed by atoms with Gasteiger partial charge in [-0.05, 0) is 39.4 Å². The molecule has 0 amide bonds. The second-order valence-electron chi connectivity index (χ2n) is 2.94. The molecule has 15 heavy (non-hydrogen) atoms. The third-order valence-corrected chi connectivity index (χ3v) is 4.30. The maximum absolute atomic E-state index is 3.99. The first-order valence-electron chi connectivity index (χ1n) is 4.57. The number of rotatable bonds is 4. The Morgan fingerprint density at radius 1 is 1.47 bits per heavy atom. The van der Waals surface area contributed by atoms with Crippen LogP contribution in [0.25, 0.3) is 0 Å². The van der Waals surface area contributed by atoms with Gasteiger partial charge in [-0.25, -0.2) is 0 Å². The molecule has 0 aliphatic carbocycles. The third kappa shape index (κ3) is 2.76. The van der Waals surface area contributed by atoms with Crippen LogP contribution < -0.4 is 5.32 Å². The first-order chi connectivity index (χ1) is 7.29. The smallest absolute Gasteiger partial charge is 0.206 e. The molecule has 0 aromatic carbocycles. The van der Waals surface area contributed by atoms with Crippen LogP contribution in [0.4, 0.5) is 5.13 Å². The Morgan fingerprint density at radius 3 is 3.00 bits per heavy atom. The van der Waals surface area contributed by atoms with Gasteiger partial charge in [-0.2, -0.15) is 0 Å². The number of anilines is 1. The van der Waals surface area contributed by atoms with Crippen molar-refractivity contribution >= 4 is 43.7 Å². The number of thiophene rings is 1. The second-order valence-corrected chi connectivity index (χ2v) is 6.19. The monoisotopic (exact) mass is 303 g/mol. The lowest BCUT2D eigenvalue weighted by Gasteiger charge is -2.01. The molecule has 2 aromatic rings. The molecule has 0 fully saturated rings. The van der Waals surface area contributed by atoms with Crippen molar-refractivity contribution in [3.63, 3.8) is 0 Å². The topological polar surface area (TPSA) is 37.8 Å². The van der Waals surface area contributed by atoms with Gasteiger partial charge in [0.05, 0.1) is 6.54 Å². The summed E-state index contributed by atoms with van der Waals surface area (Å²) >= 11 is 6.58. The minimum atomic E-state index is 0.812. The van der Waals surface area contributed by atoms with Gasteiger partial charge in [-0.1, -0.05) is 18.3 Å². The van der Waals surface area contributed by atoms with Gasteiger partial charge in [0.1, 0.15) is 0 Å². The van der Waals surface area contributed by atoms with E-state index in [9.17, 15) is 0 Å². The van der Waals surface area contributed by atoms with Crippen molar-refractivity contribution in [3.8, 4) is 0 Å². The third-order valence-electron chi connectivity index (χ3n) is 2.02. The highest BCUT2D eigenvalue weighted by atomic mass is 79.9. The predicted molar refractivity (Wildman–Crippen MR) is 68.6 cm³/mol. The van der Waals surface area contributed by atoms with Gasteiger partial charge in [0, 0.05) is 4.88 Å². The van der Waals surface area contributed by atoms with Crippen molar-refractivity contribution in [2.45, 2.75) is 19.9 Å². The van der Waals surface area contributed by atoms with Gasteiger partial charge in [0.2, 0.25) is 5.13 Å². The summed E-state index contributed by atoms with van der Waals surface area (Å²) in [5.74, 6) is 0. The van der Waals surface area contributed by atoms with Gasteiger partial charge in [0.15, 0.2) is 3.92 Å². The van der Waals surface area contributed by atoms with Crippen LogP contribution in [-0.2, 0) is 13.0 Å². The molecule has 2 rings (SSSR count). The zero-order valence-electron chi connectivity index (χ0n) is 8.16. The van der Waals surface area contributed by atoms with E-state index >= 15 is 0 Å². The van der Waals surface area contributed by atoms with Crippen LogP contribution in [0.3, 0.4) is 0 Å². The Kier molecular flexibility index (Phi) is 3.71. The quantitative estimate of drug-likeness (QED) is 0.939. The molecule has 1 N–H and O–H groups in total. The summed E-state index contributed by atoms with van der Waals surface area (Å²) < 4.78 is 0.812. The average molecular weight is 304 g/mol. The van der Waals surface area contributed by atoms with Gasteiger partial charge < -0.3 is 5.32 Å². The summed E-state index contributed by atoms with van der Waals surface area (Å²) in [5.41, 5.74) is 1.41. The van der Waals surface area contributed by atoms with Crippen molar-refractivity contribution in [1.82, 2.24) is 10.2 Å². The maximum atomic E-state index is 3.99. The van der Waals surface area contributed by atoms with Crippen LogP contribution in [0.15, 0.2) is 15.4 Å². The van der Waals surface area contributed by atoms with E-state index in [4.69, 9.17) is 0 Å². The minimum absolute atomic E-state index is 0.812. The van der Waals surface area contributed by atoms with E-state index in [2.05, 4.69) is 49.8 Å². The fourth-order valence-electron chi connectivity index (χ4n) is 1.27. The van der Waals surface area contributed by atoms with Crippen LogP contribution in [0, 0.1) is 0 Å². The molecule has 0 spiro atoms. The first-order valence-corrected chi connectivity index (χ1v) is 7.06. The molecule has 0 aliphatic heterocycles. The van der Waals surface area contributed by atoms with Crippen LogP contribution in [0.1, 0.15) is 17.4 Å².